The van der Waals surface area contributed by atoms with E-state index < -0.39 is 24.9 Å². The predicted octanol–water partition coefficient (Wildman–Crippen LogP) is 2.01. The molecule has 102 valence electrons. The predicted molar refractivity (Wildman–Crippen MR) is 69.4 cm³/mol. The second-order valence-corrected chi connectivity index (χ2v) is 4.08. The summed E-state index contributed by atoms with van der Waals surface area (Å²) in [5.41, 5.74) is 5.56. The summed E-state index contributed by atoms with van der Waals surface area (Å²) in [4.78, 5) is 11.3. The molecule has 3 nitrogen and oxygen atoms in total. The Labute approximate surface area is 115 Å². The van der Waals surface area contributed by atoms with E-state index in [1.54, 1.807) is 24.3 Å². The van der Waals surface area contributed by atoms with Crippen LogP contribution in [0.15, 0.2) is 24.3 Å². The Morgan fingerprint density at radius 2 is 1.89 bits per heavy atom. The second kappa shape index (κ2) is 7.51. The third-order valence-corrected chi connectivity index (χ3v) is 2.37. The molecule has 7 heteroatoms. The van der Waals surface area contributed by atoms with Crippen LogP contribution in [0.25, 0.3) is 0 Å². The van der Waals surface area contributed by atoms with Crippen molar-refractivity contribution in [1.82, 2.24) is 5.32 Å². The number of benzene rings is 1. The maximum atomic E-state index is 12.7. The molecule has 0 radical (unpaired) electrons. The van der Waals surface area contributed by atoms with Gasteiger partial charge in [-0.1, -0.05) is 23.7 Å². The fourth-order valence-electron chi connectivity index (χ4n) is 1.15. The first-order valence-electron chi connectivity index (χ1n) is 5.02. The summed E-state index contributed by atoms with van der Waals surface area (Å²) >= 11 is 5.67. The summed E-state index contributed by atoms with van der Waals surface area (Å²) in [6.45, 7) is -1.52. The summed E-state index contributed by atoms with van der Waals surface area (Å²) < 4.78 is 25.5. The van der Waals surface area contributed by atoms with E-state index in [9.17, 15) is 13.6 Å². The largest absolute Gasteiger partial charge is 0.350 e. The van der Waals surface area contributed by atoms with E-state index in [0.717, 1.165) is 0 Å². The summed E-state index contributed by atoms with van der Waals surface area (Å²) in [7, 11) is 0. The van der Waals surface area contributed by atoms with E-state index in [-0.39, 0.29) is 18.8 Å². The molecule has 0 aliphatic rings. The molecule has 0 saturated carbocycles. The number of hydrogen-bond acceptors (Lipinski definition) is 2. The van der Waals surface area contributed by atoms with E-state index in [0.29, 0.717) is 10.6 Å². The van der Waals surface area contributed by atoms with Gasteiger partial charge in [0.25, 0.3) is 5.92 Å². The Morgan fingerprint density at radius 3 is 2.39 bits per heavy atom. The van der Waals surface area contributed by atoms with Crippen LogP contribution in [0.5, 0.6) is 0 Å². The monoisotopic (exact) mass is 298 g/mol. The molecule has 0 unspecified atom stereocenters. The number of rotatable bonds is 5. The molecule has 0 spiro atoms. The van der Waals surface area contributed by atoms with Gasteiger partial charge in [-0.25, -0.2) is 8.78 Å². The summed E-state index contributed by atoms with van der Waals surface area (Å²) in [6.07, 6.45) is 0.0395. The lowest BCUT2D eigenvalue weighted by Gasteiger charge is -2.14. The van der Waals surface area contributed by atoms with Gasteiger partial charge in [0.05, 0.1) is 19.5 Å². The average molecular weight is 299 g/mol. The van der Waals surface area contributed by atoms with Gasteiger partial charge < -0.3 is 11.1 Å². The molecule has 0 atom stereocenters. The maximum Gasteiger partial charge on any atom is 0.277 e. The Kier molecular flexibility index (Phi) is 7.13. The molecular formula is C11H14Cl2F2N2O. The van der Waals surface area contributed by atoms with Crippen molar-refractivity contribution < 1.29 is 13.6 Å². The molecule has 1 aromatic rings. The van der Waals surface area contributed by atoms with Crippen LogP contribution >= 0.6 is 24.0 Å². The van der Waals surface area contributed by atoms with Gasteiger partial charge in [0.2, 0.25) is 5.91 Å². The summed E-state index contributed by atoms with van der Waals surface area (Å²) in [5, 5.41) is 2.69. The molecule has 0 saturated heterocycles. The number of amides is 1. The van der Waals surface area contributed by atoms with Gasteiger partial charge in [0.15, 0.2) is 0 Å². The van der Waals surface area contributed by atoms with Crippen molar-refractivity contribution in [3.05, 3.63) is 34.9 Å². The SMILES string of the molecule is Cl.NCC(F)(F)CNC(=O)Cc1ccc(Cl)cc1. The first kappa shape index (κ1) is 17.1. The second-order valence-electron chi connectivity index (χ2n) is 3.64. The van der Waals surface area contributed by atoms with E-state index in [1.807, 2.05) is 0 Å². The van der Waals surface area contributed by atoms with E-state index >= 15 is 0 Å². The van der Waals surface area contributed by atoms with Crippen molar-refractivity contribution in [1.29, 1.82) is 0 Å². The topological polar surface area (TPSA) is 55.1 Å². The molecule has 1 rings (SSSR count). The molecule has 1 aromatic carbocycles. The zero-order valence-electron chi connectivity index (χ0n) is 9.46. The minimum atomic E-state index is -3.06. The van der Waals surface area contributed by atoms with Crippen molar-refractivity contribution in [2.75, 3.05) is 13.1 Å². The highest BCUT2D eigenvalue weighted by molar-refractivity contribution is 6.30. The Morgan fingerprint density at radius 1 is 1.33 bits per heavy atom. The van der Waals surface area contributed by atoms with Gasteiger partial charge in [-0.2, -0.15) is 0 Å². The highest BCUT2D eigenvalue weighted by atomic mass is 35.5. The van der Waals surface area contributed by atoms with Crippen LogP contribution in [0.3, 0.4) is 0 Å². The van der Waals surface area contributed by atoms with Crippen LogP contribution in [0.2, 0.25) is 5.02 Å². The van der Waals surface area contributed by atoms with Crippen LogP contribution in [0.4, 0.5) is 8.78 Å². The summed E-state index contributed by atoms with van der Waals surface area (Å²) in [5.74, 6) is -3.53. The third kappa shape index (κ3) is 6.14. The van der Waals surface area contributed by atoms with Gasteiger partial charge in [0.1, 0.15) is 0 Å². The number of alkyl halides is 2. The quantitative estimate of drug-likeness (QED) is 0.874. The Bertz CT molecular complexity index is 385. The van der Waals surface area contributed by atoms with Gasteiger partial charge >= 0.3 is 0 Å². The molecule has 18 heavy (non-hydrogen) atoms. The minimum Gasteiger partial charge on any atom is -0.350 e. The van der Waals surface area contributed by atoms with Crippen LogP contribution < -0.4 is 11.1 Å². The molecule has 3 N–H and O–H groups in total. The lowest BCUT2D eigenvalue weighted by atomic mass is 10.1. The maximum absolute atomic E-state index is 12.7. The molecule has 1 amide bonds. The number of nitrogens with one attached hydrogen (secondary N) is 1. The Hall–Kier alpha value is -0.910. The van der Waals surface area contributed by atoms with Gasteiger partial charge in [-0.05, 0) is 17.7 Å². The van der Waals surface area contributed by atoms with Crippen molar-refractivity contribution in [3.63, 3.8) is 0 Å². The fourth-order valence-corrected chi connectivity index (χ4v) is 1.28. The third-order valence-electron chi connectivity index (χ3n) is 2.12. The highest BCUT2D eigenvalue weighted by Crippen LogP contribution is 2.11. The van der Waals surface area contributed by atoms with Crippen LogP contribution in [-0.4, -0.2) is 24.9 Å². The number of carbonyl (C=O) groups is 1. The lowest BCUT2D eigenvalue weighted by molar-refractivity contribution is -0.122. The van der Waals surface area contributed by atoms with E-state index in [2.05, 4.69) is 5.32 Å². The lowest BCUT2D eigenvalue weighted by Crippen LogP contribution is -2.42. The first-order chi connectivity index (χ1) is 7.93. The normalized spacial score (nSPS) is 10.7. The number of carbonyl (C=O) groups excluding carboxylic acids is 1. The summed E-state index contributed by atoms with van der Waals surface area (Å²) in [6, 6.07) is 6.61. The number of halogens is 4. The zero-order valence-corrected chi connectivity index (χ0v) is 11.0. The highest BCUT2D eigenvalue weighted by Gasteiger charge is 2.26. The molecular weight excluding hydrogens is 285 g/mol. The van der Waals surface area contributed by atoms with Crippen molar-refractivity contribution in [2.24, 2.45) is 5.73 Å². The molecule has 0 fully saturated rings. The van der Waals surface area contributed by atoms with Gasteiger partial charge in [-0.15, -0.1) is 12.4 Å². The van der Waals surface area contributed by atoms with Crippen molar-refractivity contribution in [2.45, 2.75) is 12.3 Å². The molecule has 0 bridgehead atoms. The van der Waals surface area contributed by atoms with E-state index in [4.69, 9.17) is 17.3 Å². The molecule has 0 aromatic heterocycles. The van der Waals surface area contributed by atoms with Gasteiger partial charge in [0, 0.05) is 5.02 Å². The standard InChI is InChI=1S/C11H13ClF2N2O.ClH/c12-9-3-1-8(2-4-9)5-10(17)16-7-11(13,14)6-15;/h1-4H,5-7,15H2,(H,16,17);1H. The number of nitrogens with two attached hydrogens (primary N) is 1. The smallest absolute Gasteiger partial charge is 0.277 e. The van der Waals surface area contributed by atoms with Gasteiger partial charge in [-0.3, -0.25) is 4.79 Å². The fraction of sp³-hybridized carbons (Fsp3) is 0.364. The average Bonchev–Trinajstić information content (AvgIpc) is 2.30. The van der Waals surface area contributed by atoms with Crippen LogP contribution in [0.1, 0.15) is 5.56 Å². The zero-order chi connectivity index (χ0) is 12.9. The molecule has 0 aliphatic carbocycles. The molecule has 0 aliphatic heterocycles. The minimum absolute atomic E-state index is 0. The van der Waals surface area contributed by atoms with Crippen LogP contribution in [-0.2, 0) is 11.2 Å². The molecule has 0 heterocycles. The van der Waals surface area contributed by atoms with Crippen molar-refractivity contribution >= 4 is 29.9 Å². The Balaban J connectivity index is 0.00000289. The first-order valence-corrected chi connectivity index (χ1v) is 5.40. The van der Waals surface area contributed by atoms with Crippen molar-refractivity contribution in [3.8, 4) is 0 Å². The van der Waals surface area contributed by atoms with Crippen LogP contribution in [0, 0.1) is 0 Å². The number of hydrogen-bond donors (Lipinski definition) is 2. The van der Waals surface area contributed by atoms with E-state index in [1.165, 1.54) is 0 Å².